The van der Waals surface area contributed by atoms with Crippen LogP contribution in [-0.4, -0.2) is 86.5 Å². The van der Waals surface area contributed by atoms with Crippen molar-refractivity contribution in [2.75, 3.05) is 6.61 Å². The van der Waals surface area contributed by atoms with Crippen LogP contribution >= 0.6 is 0 Å². The van der Waals surface area contributed by atoms with Crippen LogP contribution in [0.25, 0.3) is 0 Å². The molecule has 0 spiro atoms. The number of fused-ring (bicyclic) bond motifs is 3. The first-order valence-electron chi connectivity index (χ1n) is 16.6. The quantitative estimate of drug-likeness (QED) is 0.149. The second kappa shape index (κ2) is 11.0. The van der Waals surface area contributed by atoms with Crippen LogP contribution in [0.2, 0.25) is 0 Å². The van der Waals surface area contributed by atoms with Crippen molar-refractivity contribution in [1.82, 2.24) is 0 Å². The van der Waals surface area contributed by atoms with Gasteiger partial charge in [0.15, 0.2) is 17.0 Å². The van der Waals surface area contributed by atoms with Gasteiger partial charge >= 0.3 is 5.97 Å². The topological polar surface area (TPSA) is 144 Å². The van der Waals surface area contributed by atoms with Crippen molar-refractivity contribution >= 4 is 11.8 Å². The summed E-state index contributed by atoms with van der Waals surface area (Å²) >= 11 is 0. The molecule has 3 N–H and O–H groups in total. The molecule has 3 saturated heterocycles. The number of carbonyl (C=O) groups is 2. The van der Waals surface area contributed by atoms with Crippen molar-refractivity contribution in [3.05, 3.63) is 84.0 Å². The number of hydrogen-bond acceptors (Lipinski definition) is 10. The summed E-state index contributed by atoms with van der Waals surface area (Å²) < 4.78 is 33.4. The molecule has 1 aromatic rings. The number of allylic oxidation sites excluding steroid dienone is 4. The van der Waals surface area contributed by atoms with Gasteiger partial charge in [0.1, 0.15) is 30.0 Å². The molecule has 0 radical (unpaired) electrons. The number of aliphatic hydroxyl groups is 3. The van der Waals surface area contributed by atoms with Crippen LogP contribution in [0.15, 0.2) is 78.4 Å². The lowest BCUT2D eigenvalue weighted by Crippen LogP contribution is -2.76. The third-order valence-corrected chi connectivity index (χ3v) is 11.5. The number of hydrogen-bond donors (Lipinski definition) is 3. The highest BCUT2D eigenvalue weighted by Crippen LogP contribution is 2.73. The molecule has 0 amide bonds. The van der Waals surface area contributed by atoms with Gasteiger partial charge in [0.25, 0.3) is 5.97 Å². The van der Waals surface area contributed by atoms with E-state index in [1.165, 1.54) is 0 Å². The summed E-state index contributed by atoms with van der Waals surface area (Å²) in [7, 11) is 0. The fourth-order valence-electron chi connectivity index (χ4n) is 9.27. The zero-order valence-electron chi connectivity index (χ0n) is 27.3. The van der Waals surface area contributed by atoms with Crippen LogP contribution in [0.5, 0.6) is 0 Å². The number of epoxide rings is 1. The lowest BCUT2D eigenvalue weighted by atomic mass is 9.53. The Morgan fingerprint density at radius 1 is 1.09 bits per heavy atom. The van der Waals surface area contributed by atoms with E-state index < -0.39 is 88.9 Å². The first-order chi connectivity index (χ1) is 22.4. The van der Waals surface area contributed by atoms with Crippen LogP contribution in [0.1, 0.15) is 63.7 Å². The minimum absolute atomic E-state index is 0.234. The van der Waals surface area contributed by atoms with Gasteiger partial charge in [-0.15, -0.1) is 0 Å². The number of benzene rings is 1. The number of ketones is 1. The summed E-state index contributed by atoms with van der Waals surface area (Å²) in [4.78, 5) is 27.6. The fourth-order valence-corrected chi connectivity index (χ4v) is 9.27. The number of ether oxygens (including phenoxy) is 5. The van der Waals surface area contributed by atoms with E-state index >= 15 is 0 Å². The van der Waals surface area contributed by atoms with Crippen LogP contribution in [0.4, 0.5) is 0 Å². The summed E-state index contributed by atoms with van der Waals surface area (Å²) in [6.07, 6.45) is 7.81. The Morgan fingerprint density at radius 2 is 1.79 bits per heavy atom. The molecule has 7 rings (SSSR count). The molecule has 3 aliphatic heterocycles. The average molecular weight is 649 g/mol. The Balaban J connectivity index is 1.40. The van der Waals surface area contributed by atoms with Crippen LogP contribution in [0.3, 0.4) is 0 Å². The molecule has 10 nitrogen and oxygen atoms in total. The van der Waals surface area contributed by atoms with Gasteiger partial charge in [-0.2, -0.15) is 0 Å². The highest BCUT2D eigenvalue weighted by atomic mass is 16.9. The second-order valence-electron chi connectivity index (χ2n) is 14.1. The number of Topliss-reactive ketones (excluding diaryl/α,β-unsaturated/α-hetero) is 1. The maximum absolute atomic E-state index is 13.8. The van der Waals surface area contributed by atoms with Gasteiger partial charge in [0.05, 0.1) is 17.8 Å². The molecule has 1 aromatic carbocycles. The van der Waals surface area contributed by atoms with Gasteiger partial charge in [0.2, 0.25) is 0 Å². The van der Waals surface area contributed by atoms with Gasteiger partial charge in [-0.25, -0.2) is 4.79 Å². The fraction of sp³-hybridized carbons (Fsp3) is 0.568. The molecule has 5 fully saturated rings. The van der Waals surface area contributed by atoms with Crippen molar-refractivity contribution < 1.29 is 48.6 Å². The van der Waals surface area contributed by atoms with Gasteiger partial charge in [-0.05, 0) is 50.0 Å². The standard InChI is InChI=1S/C37H44O10/c1-6-7-8-9-10-11-15-18-34-45-30-26-29-33(20-38,44-29)32(41)35(42)25(19-22(4)27(35)39)37(26,47-34)23(5)28(36(30,46-34)21(2)3)43-31(40)24-16-13-12-14-17-24/h8-14,16-17,19,23,25-26,28-30,32,38,41-42H,2,6-7,15,18,20H2,1,3-5H3/b9-8+,11-10+/t23-,25-,26+,28-,29+,30-,32-,33+,34-,35-,36+,37+/m1/s1. The van der Waals surface area contributed by atoms with Crippen LogP contribution in [-0.2, 0) is 28.5 Å². The predicted molar refractivity (Wildman–Crippen MR) is 169 cm³/mol. The Hall–Kier alpha value is -2.96. The zero-order chi connectivity index (χ0) is 33.6. The smallest absolute Gasteiger partial charge is 0.338 e. The lowest BCUT2D eigenvalue weighted by Gasteiger charge is -2.61. The number of rotatable bonds is 10. The third kappa shape index (κ3) is 4.16. The molecule has 47 heavy (non-hydrogen) atoms. The van der Waals surface area contributed by atoms with E-state index in [4.69, 9.17) is 23.7 Å². The molecule has 3 aliphatic carbocycles. The normalized spacial score (nSPS) is 45.8. The Bertz CT molecular complexity index is 1570. The molecule has 0 unspecified atom stereocenters. The Kier molecular flexibility index (Phi) is 7.65. The summed E-state index contributed by atoms with van der Waals surface area (Å²) in [6, 6.07) is 8.60. The first kappa shape index (κ1) is 32.6. The van der Waals surface area contributed by atoms with E-state index in [9.17, 15) is 24.9 Å². The molecule has 0 aromatic heterocycles. The van der Waals surface area contributed by atoms with E-state index in [0.717, 1.165) is 12.8 Å². The average Bonchev–Trinajstić information content (AvgIpc) is 3.69. The summed E-state index contributed by atoms with van der Waals surface area (Å²) in [5.74, 6) is -5.57. The second-order valence-corrected chi connectivity index (χ2v) is 14.1. The van der Waals surface area contributed by atoms with E-state index in [1.54, 1.807) is 50.3 Å². The van der Waals surface area contributed by atoms with Crippen molar-refractivity contribution in [1.29, 1.82) is 0 Å². The SMILES string of the molecule is C=C(C)[C@@]12O[C@@]3(CC/C=C/C=C/CCC)O[C@@H]1[C@@H]1[C@@H]4O[C@]4(CO)[C@@H](O)[C@]4(O)C(=O)C(C)=C[C@H]4[C@@]1(O3)[C@H](C)[C@H]2OC(=O)c1ccccc1. The molecular formula is C37H44O10. The first-order valence-corrected chi connectivity index (χ1v) is 16.6. The molecule has 3 heterocycles. The van der Waals surface area contributed by atoms with Crippen LogP contribution in [0, 0.1) is 17.8 Å². The van der Waals surface area contributed by atoms with Gasteiger partial charge in [0, 0.05) is 24.2 Å². The molecule has 252 valence electrons. The van der Waals surface area contributed by atoms with E-state index in [2.05, 4.69) is 19.6 Å². The zero-order valence-corrected chi connectivity index (χ0v) is 27.3. The maximum atomic E-state index is 13.8. The van der Waals surface area contributed by atoms with E-state index in [1.807, 2.05) is 25.2 Å². The van der Waals surface area contributed by atoms with E-state index in [0.29, 0.717) is 17.6 Å². The molecule has 12 atom stereocenters. The third-order valence-electron chi connectivity index (χ3n) is 11.5. The highest BCUT2D eigenvalue weighted by Gasteiger charge is 2.90. The van der Waals surface area contributed by atoms with Crippen molar-refractivity contribution in [2.45, 2.75) is 106 Å². The van der Waals surface area contributed by atoms with Crippen LogP contribution < -0.4 is 0 Å². The number of unbranched alkanes of at least 4 members (excludes halogenated alkanes) is 1. The largest absolute Gasteiger partial charge is 0.455 e. The maximum Gasteiger partial charge on any atom is 0.338 e. The molecule has 10 heteroatoms. The number of esters is 1. The number of aliphatic hydroxyl groups excluding tert-OH is 2. The van der Waals surface area contributed by atoms with Gasteiger partial charge in [-0.3, -0.25) is 4.79 Å². The molecule has 2 saturated carbocycles. The monoisotopic (exact) mass is 648 g/mol. The number of carbonyl (C=O) groups excluding carboxylic acids is 2. The highest BCUT2D eigenvalue weighted by molar-refractivity contribution is 6.05. The summed E-state index contributed by atoms with van der Waals surface area (Å²) in [5.41, 5.74) is -5.87. The van der Waals surface area contributed by atoms with Gasteiger partial charge in [-0.1, -0.05) is 75.4 Å². The Labute approximate surface area is 274 Å². The van der Waals surface area contributed by atoms with Gasteiger partial charge < -0.3 is 39.0 Å². The predicted octanol–water partition coefficient (Wildman–Crippen LogP) is 3.70. The minimum Gasteiger partial charge on any atom is -0.455 e. The summed E-state index contributed by atoms with van der Waals surface area (Å²) in [5, 5.41) is 34.9. The molecule has 6 aliphatic rings. The summed E-state index contributed by atoms with van der Waals surface area (Å²) in [6.45, 7) is 11.0. The van der Waals surface area contributed by atoms with Crippen molar-refractivity contribution in [3.8, 4) is 0 Å². The van der Waals surface area contributed by atoms with Crippen molar-refractivity contribution in [2.24, 2.45) is 17.8 Å². The lowest BCUT2D eigenvalue weighted by molar-refractivity contribution is -0.431. The van der Waals surface area contributed by atoms with E-state index in [-0.39, 0.29) is 12.0 Å². The minimum atomic E-state index is -2.40. The van der Waals surface area contributed by atoms with Crippen molar-refractivity contribution in [3.63, 3.8) is 0 Å². The molecule has 3 bridgehead atoms. The Morgan fingerprint density at radius 3 is 2.45 bits per heavy atom. The molecular weight excluding hydrogens is 604 g/mol.